The van der Waals surface area contributed by atoms with Crippen molar-refractivity contribution in [3.05, 3.63) is 23.8 Å². The molecule has 0 spiro atoms. The van der Waals surface area contributed by atoms with Crippen molar-refractivity contribution < 1.29 is 27.1 Å². The first-order valence-corrected chi connectivity index (χ1v) is 15.3. The summed E-state index contributed by atoms with van der Waals surface area (Å²) in [4.78, 5) is 11.8. The third kappa shape index (κ3) is 6.67. The van der Waals surface area contributed by atoms with Crippen LogP contribution in [0.25, 0.3) is 0 Å². The summed E-state index contributed by atoms with van der Waals surface area (Å²) in [7, 11) is -2.75. The third-order valence-corrected chi connectivity index (χ3v) is 6.44. The van der Waals surface area contributed by atoms with Gasteiger partial charge in [-0.1, -0.05) is 25.7 Å². The van der Waals surface area contributed by atoms with Gasteiger partial charge in [-0.25, -0.2) is 0 Å². The minimum Gasteiger partial charge on any atom is -0.542 e. The lowest BCUT2D eigenvalue weighted by Crippen LogP contribution is -2.55. The van der Waals surface area contributed by atoms with Crippen molar-refractivity contribution in [1.82, 2.24) is 4.57 Å². The monoisotopic (exact) mass is 407 g/mol. The summed E-state index contributed by atoms with van der Waals surface area (Å²) in [5.74, 6) is -0.585. The van der Waals surface area contributed by atoms with Crippen molar-refractivity contribution in [2.24, 2.45) is 0 Å². The summed E-state index contributed by atoms with van der Waals surface area (Å²) >= 11 is 0. The van der Waals surface area contributed by atoms with E-state index in [1.807, 2.05) is 0 Å². The molecule has 0 saturated heterocycles. The molecule has 0 aliphatic rings. The highest BCUT2D eigenvalue weighted by molar-refractivity contribution is 6.75. The van der Waals surface area contributed by atoms with Crippen molar-refractivity contribution in [2.45, 2.75) is 51.9 Å². The molecule has 0 atom stereocenters. The van der Waals surface area contributed by atoms with Gasteiger partial charge in [-0.2, -0.15) is 13.2 Å². The molecule has 0 bridgehead atoms. The number of nitrogens with zero attached hydrogens (tertiary/aromatic N) is 1. The Kier molecular flexibility index (Phi) is 6.97. The van der Waals surface area contributed by atoms with E-state index in [0.29, 0.717) is 17.9 Å². The minimum absolute atomic E-state index is 0.0193. The van der Waals surface area contributed by atoms with Crippen LogP contribution in [0.2, 0.25) is 39.3 Å². The molecule has 0 radical (unpaired) electrons. The molecule has 1 aromatic carbocycles. The van der Waals surface area contributed by atoms with Crippen molar-refractivity contribution in [3.8, 4) is 11.5 Å². The van der Waals surface area contributed by atoms with Gasteiger partial charge in [0.1, 0.15) is 5.75 Å². The summed E-state index contributed by atoms with van der Waals surface area (Å²) in [5, 5.41) is 0. The standard InChI is InChI=1S/C17H28F3NO3Si2/c1-23-15-12-13(8-9-14(15)24-26(5,6)7)10-11-21(25(2,3)4)16(22)17(18,19)20/h8-9,12H,10-11H2,1-7H3. The van der Waals surface area contributed by atoms with E-state index < -0.39 is 28.6 Å². The van der Waals surface area contributed by atoms with E-state index in [0.717, 1.165) is 10.1 Å². The van der Waals surface area contributed by atoms with Gasteiger partial charge in [-0.3, -0.25) is 4.79 Å². The van der Waals surface area contributed by atoms with Gasteiger partial charge in [0, 0.05) is 6.54 Å². The molecule has 1 rings (SSSR count). The van der Waals surface area contributed by atoms with Gasteiger partial charge in [0.15, 0.2) is 14.0 Å². The van der Waals surface area contributed by atoms with Gasteiger partial charge in [0.2, 0.25) is 8.32 Å². The quantitative estimate of drug-likeness (QED) is 0.616. The zero-order valence-electron chi connectivity index (χ0n) is 16.5. The summed E-state index contributed by atoms with van der Waals surface area (Å²) in [6, 6.07) is 5.34. The molecule has 0 heterocycles. The molecule has 148 valence electrons. The number of alkyl halides is 3. The molecule has 0 aliphatic carbocycles. The Morgan fingerprint density at radius 2 is 1.65 bits per heavy atom. The molecule has 0 aliphatic heterocycles. The van der Waals surface area contributed by atoms with E-state index in [2.05, 4.69) is 19.6 Å². The van der Waals surface area contributed by atoms with Crippen molar-refractivity contribution in [2.75, 3.05) is 13.7 Å². The molecule has 4 nitrogen and oxygen atoms in total. The van der Waals surface area contributed by atoms with Crippen LogP contribution in [-0.2, 0) is 11.2 Å². The lowest BCUT2D eigenvalue weighted by Gasteiger charge is -2.34. The largest absolute Gasteiger partial charge is 0.542 e. The molecule has 1 amide bonds. The van der Waals surface area contributed by atoms with Gasteiger partial charge in [-0.05, 0) is 43.8 Å². The number of ether oxygens (including phenoxy) is 1. The number of carbonyl (C=O) groups is 1. The SMILES string of the molecule is COc1cc(CCN(C(=O)C(F)(F)F)[Si](C)(C)C)ccc1O[Si](C)(C)C. The van der Waals surface area contributed by atoms with Gasteiger partial charge in [0.05, 0.1) is 7.11 Å². The number of benzene rings is 1. The fourth-order valence-corrected chi connectivity index (χ4v) is 4.76. The number of halogens is 3. The van der Waals surface area contributed by atoms with Gasteiger partial charge >= 0.3 is 12.1 Å². The Labute approximate surface area is 155 Å². The Bertz CT molecular complexity index is 638. The van der Waals surface area contributed by atoms with Crippen LogP contribution in [0, 0.1) is 0 Å². The smallest absolute Gasteiger partial charge is 0.470 e. The topological polar surface area (TPSA) is 38.8 Å². The first-order chi connectivity index (χ1) is 11.6. The Morgan fingerprint density at radius 1 is 1.08 bits per heavy atom. The van der Waals surface area contributed by atoms with Crippen LogP contribution in [0.3, 0.4) is 0 Å². The maximum atomic E-state index is 12.9. The zero-order chi connectivity index (χ0) is 20.3. The zero-order valence-corrected chi connectivity index (χ0v) is 18.5. The predicted octanol–water partition coefficient (Wildman–Crippen LogP) is 4.68. The van der Waals surface area contributed by atoms with Crippen LogP contribution in [0.1, 0.15) is 5.56 Å². The predicted molar refractivity (Wildman–Crippen MR) is 102 cm³/mol. The van der Waals surface area contributed by atoms with Crippen LogP contribution in [0.4, 0.5) is 13.2 Å². The summed E-state index contributed by atoms with van der Waals surface area (Å²) in [6.07, 6.45) is -4.54. The normalized spacial score (nSPS) is 12.7. The second kappa shape index (κ2) is 8.04. The average molecular weight is 408 g/mol. The first-order valence-electron chi connectivity index (χ1n) is 8.40. The van der Waals surface area contributed by atoms with E-state index in [-0.39, 0.29) is 6.54 Å². The maximum Gasteiger partial charge on any atom is 0.470 e. The maximum absolute atomic E-state index is 12.9. The van der Waals surface area contributed by atoms with Crippen molar-refractivity contribution in [1.29, 1.82) is 0 Å². The van der Waals surface area contributed by atoms with Crippen LogP contribution in [-0.4, -0.2) is 46.9 Å². The Hall–Kier alpha value is -1.49. The first kappa shape index (κ1) is 22.6. The summed E-state index contributed by atoms with van der Waals surface area (Å²) in [6.45, 7) is 11.3. The fraction of sp³-hybridized carbons (Fsp3) is 0.588. The Balaban J connectivity index is 2.98. The van der Waals surface area contributed by atoms with Crippen LogP contribution in [0.15, 0.2) is 18.2 Å². The molecule has 0 aromatic heterocycles. The highest BCUT2D eigenvalue weighted by atomic mass is 28.4. The number of carbonyl (C=O) groups excluding carboxylic acids is 1. The molecule has 9 heteroatoms. The number of methoxy groups -OCH3 is 1. The average Bonchev–Trinajstić information content (AvgIpc) is 2.44. The molecule has 26 heavy (non-hydrogen) atoms. The molecule has 0 saturated carbocycles. The van der Waals surface area contributed by atoms with E-state index in [1.54, 1.807) is 37.8 Å². The van der Waals surface area contributed by atoms with E-state index in [1.165, 1.54) is 7.11 Å². The number of rotatable bonds is 7. The second-order valence-corrected chi connectivity index (χ2v) is 17.4. The number of amides is 1. The summed E-state index contributed by atoms with van der Waals surface area (Å²) < 4.78 is 50.9. The van der Waals surface area contributed by atoms with Crippen molar-refractivity contribution in [3.63, 3.8) is 0 Å². The second-order valence-electron chi connectivity index (χ2n) is 8.08. The highest BCUT2D eigenvalue weighted by Crippen LogP contribution is 2.31. The van der Waals surface area contributed by atoms with Gasteiger partial charge in [0.25, 0.3) is 0 Å². The lowest BCUT2D eigenvalue weighted by molar-refractivity contribution is -0.180. The van der Waals surface area contributed by atoms with E-state index >= 15 is 0 Å². The van der Waals surface area contributed by atoms with Crippen LogP contribution >= 0.6 is 0 Å². The fourth-order valence-electron chi connectivity index (χ4n) is 2.42. The summed E-state index contributed by atoms with van der Waals surface area (Å²) in [5.41, 5.74) is 0.794. The number of hydrogen-bond acceptors (Lipinski definition) is 3. The molecule has 1 aromatic rings. The lowest BCUT2D eigenvalue weighted by atomic mass is 10.1. The number of hydrogen-bond donors (Lipinski definition) is 0. The molecule has 0 fully saturated rings. The van der Waals surface area contributed by atoms with Crippen LogP contribution in [0.5, 0.6) is 11.5 Å². The van der Waals surface area contributed by atoms with E-state index in [9.17, 15) is 18.0 Å². The third-order valence-electron chi connectivity index (χ3n) is 3.57. The molecular weight excluding hydrogens is 379 g/mol. The van der Waals surface area contributed by atoms with Crippen molar-refractivity contribution >= 4 is 22.5 Å². The van der Waals surface area contributed by atoms with Gasteiger partial charge in [-0.15, -0.1) is 0 Å². The van der Waals surface area contributed by atoms with E-state index in [4.69, 9.17) is 9.16 Å². The molecule has 0 N–H and O–H groups in total. The highest BCUT2D eigenvalue weighted by Gasteiger charge is 2.45. The van der Waals surface area contributed by atoms with Crippen LogP contribution < -0.4 is 9.16 Å². The minimum atomic E-state index is -4.85. The molecular formula is C17H28F3NO3Si2. The van der Waals surface area contributed by atoms with Gasteiger partial charge < -0.3 is 13.7 Å². The molecule has 0 unspecified atom stereocenters. The Morgan fingerprint density at radius 3 is 2.08 bits per heavy atom.